The number of hydrazone groups is 1. The number of rotatable bonds is 7. The second-order valence-electron chi connectivity index (χ2n) is 5.10. The van der Waals surface area contributed by atoms with Gasteiger partial charge in [-0.25, -0.2) is 15.4 Å². The molecule has 2 rings (SSSR count). The van der Waals surface area contributed by atoms with Gasteiger partial charge >= 0.3 is 0 Å². The van der Waals surface area contributed by atoms with Gasteiger partial charge in [-0.15, -0.1) is 0 Å². The highest BCUT2D eigenvalue weighted by Gasteiger charge is 2.08. The van der Waals surface area contributed by atoms with Gasteiger partial charge in [0, 0.05) is 17.0 Å². The number of hydrogen-bond donors (Lipinski definition) is 1. The summed E-state index contributed by atoms with van der Waals surface area (Å²) in [7, 11) is 3.11. The number of hydrogen-bond acceptors (Lipinski definition) is 7. The summed E-state index contributed by atoms with van der Waals surface area (Å²) in [6.45, 7) is 3.79. The van der Waals surface area contributed by atoms with Crippen molar-refractivity contribution in [3.05, 3.63) is 41.2 Å². The van der Waals surface area contributed by atoms with Crippen molar-refractivity contribution in [2.45, 2.75) is 19.0 Å². The minimum atomic E-state index is -0.245. The third-order valence-electron chi connectivity index (χ3n) is 3.12. The number of benzene rings is 1. The molecule has 1 aromatic carbocycles. The van der Waals surface area contributed by atoms with Gasteiger partial charge in [-0.3, -0.25) is 4.79 Å². The third-order valence-corrected chi connectivity index (χ3v) is 3.97. The molecule has 0 aliphatic heterocycles. The SMILES string of the molecule is COc1cccc(/C=N/NC(=O)CSc2nc(C)cc(C)n2)c1OC. The number of aromatic nitrogens is 2. The van der Waals surface area contributed by atoms with E-state index in [1.165, 1.54) is 18.0 Å². The van der Waals surface area contributed by atoms with Gasteiger partial charge < -0.3 is 9.47 Å². The van der Waals surface area contributed by atoms with Gasteiger partial charge in [-0.05, 0) is 32.0 Å². The molecule has 1 heterocycles. The molecule has 8 heteroatoms. The summed E-state index contributed by atoms with van der Waals surface area (Å²) < 4.78 is 10.5. The summed E-state index contributed by atoms with van der Waals surface area (Å²) in [4.78, 5) is 20.5. The zero-order valence-corrected chi connectivity index (χ0v) is 15.4. The number of para-hydroxylation sites is 1. The lowest BCUT2D eigenvalue weighted by Crippen LogP contribution is -2.20. The number of carbonyl (C=O) groups excluding carboxylic acids is 1. The van der Waals surface area contributed by atoms with Gasteiger partial charge in [0.2, 0.25) is 0 Å². The number of ether oxygens (including phenoxy) is 2. The predicted molar refractivity (Wildman–Crippen MR) is 97.5 cm³/mol. The Labute approximate surface area is 150 Å². The molecule has 25 heavy (non-hydrogen) atoms. The van der Waals surface area contributed by atoms with Crippen LogP contribution in [-0.4, -0.2) is 42.1 Å². The van der Waals surface area contributed by atoms with Crippen LogP contribution in [0.3, 0.4) is 0 Å². The number of carbonyl (C=O) groups is 1. The molecular formula is C17H20N4O3S. The molecule has 0 saturated carbocycles. The summed E-state index contributed by atoms with van der Waals surface area (Å²) in [5.41, 5.74) is 4.93. The fourth-order valence-electron chi connectivity index (χ4n) is 2.11. The van der Waals surface area contributed by atoms with Crippen molar-refractivity contribution in [3.8, 4) is 11.5 Å². The Balaban J connectivity index is 1.92. The van der Waals surface area contributed by atoms with Gasteiger partial charge in [0.25, 0.3) is 5.91 Å². The predicted octanol–water partition coefficient (Wildman–Crippen LogP) is 2.35. The Morgan fingerprint density at radius 3 is 2.60 bits per heavy atom. The first-order chi connectivity index (χ1) is 12.0. The first kappa shape index (κ1) is 18.7. The molecule has 132 valence electrons. The van der Waals surface area contributed by atoms with E-state index in [1.807, 2.05) is 32.0 Å². The summed E-state index contributed by atoms with van der Waals surface area (Å²) >= 11 is 1.26. The van der Waals surface area contributed by atoms with E-state index in [4.69, 9.17) is 9.47 Å². The van der Waals surface area contributed by atoms with Crippen molar-refractivity contribution < 1.29 is 14.3 Å². The Morgan fingerprint density at radius 2 is 1.96 bits per heavy atom. The van der Waals surface area contributed by atoms with Crippen LogP contribution in [0.1, 0.15) is 17.0 Å². The van der Waals surface area contributed by atoms with Crippen LogP contribution in [0.15, 0.2) is 34.5 Å². The van der Waals surface area contributed by atoms with Gasteiger partial charge in [0.15, 0.2) is 16.7 Å². The Hall–Kier alpha value is -2.61. The van der Waals surface area contributed by atoms with Crippen LogP contribution in [0.25, 0.3) is 0 Å². The second kappa shape index (κ2) is 9.03. The molecule has 0 fully saturated rings. The maximum atomic E-state index is 11.9. The van der Waals surface area contributed by atoms with Gasteiger partial charge in [0.05, 0.1) is 26.2 Å². The topological polar surface area (TPSA) is 85.7 Å². The fourth-order valence-corrected chi connectivity index (χ4v) is 2.85. The quantitative estimate of drug-likeness (QED) is 0.353. The summed E-state index contributed by atoms with van der Waals surface area (Å²) in [5, 5.41) is 4.53. The van der Waals surface area contributed by atoms with E-state index in [1.54, 1.807) is 20.3 Å². The number of nitrogens with zero attached hydrogens (tertiary/aromatic N) is 3. The van der Waals surface area contributed by atoms with Crippen LogP contribution in [-0.2, 0) is 4.79 Å². The Kier molecular flexibility index (Phi) is 6.76. The van der Waals surface area contributed by atoms with Gasteiger partial charge in [-0.2, -0.15) is 5.10 Å². The number of thioether (sulfide) groups is 1. The Bertz CT molecular complexity index is 760. The lowest BCUT2D eigenvalue weighted by molar-refractivity contribution is -0.118. The van der Waals surface area contributed by atoms with E-state index >= 15 is 0 Å². The number of amides is 1. The normalized spacial score (nSPS) is 10.7. The molecule has 2 aromatic rings. The van der Waals surface area contributed by atoms with E-state index in [0.717, 1.165) is 11.4 Å². The molecule has 1 aromatic heterocycles. The lowest BCUT2D eigenvalue weighted by atomic mass is 10.2. The molecule has 1 N–H and O–H groups in total. The average molecular weight is 360 g/mol. The van der Waals surface area contributed by atoms with E-state index in [-0.39, 0.29) is 11.7 Å². The smallest absolute Gasteiger partial charge is 0.250 e. The van der Waals surface area contributed by atoms with Crippen molar-refractivity contribution in [3.63, 3.8) is 0 Å². The summed E-state index contributed by atoms with van der Waals surface area (Å²) in [5.74, 6) is 1.09. The van der Waals surface area contributed by atoms with Crippen LogP contribution in [0.4, 0.5) is 0 Å². The standard InChI is InChI=1S/C17H20N4O3S/c1-11-8-12(2)20-17(19-11)25-10-15(22)21-18-9-13-6-5-7-14(23-3)16(13)24-4/h5-9H,10H2,1-4H3,(H,21,22)/b18-9+. The van der Waals surface area contributed by atoms with Crippen molar-refractivity contribution >= 4 is 23.9 Å². The zero-order valence-electron chi connectivity index (χ0n) is 14.6. The van der Waals surface area contributed by atoms with Crippen LogP contribution < -0.4 is 14.9 Å². The highest BCUT2D eigenvalue weighted by atomic mass is 32.2. The van der Waals surface area contributed by atoms with E-state index in [2.05, 4.69) is 20.5 Å². The number of methoxy groups -OCH3 is 2. The highest BCUT2D eigenvalue weighted by molar-refractivity contribution is 7.99. The van der Waals surface area contributed by atoms with Crippen molar-refractivity contribution in [1.29, 1.82) is 0 Å². The molecule has 0 spiro atoms. The molecule has 0 aliphatic rings. The van der Waals surface area contributed by atoms with E-state index in [0.29, 0.717) is 22.2 Å². The highest BCUT2D eigenvalue weighted by Crippen LogP contribution is 2.29. The van der Waals surface area contributed by atoms with Crippen LogP contribution in [0, 0.1) is 13.8 Å². The molecule has 0 saturated heterocycles. The number of nitrogens with one attached hydrogen (secondary N) is 1. The van der Waals surface area contributed by atoms with Crippen LogP contribution >= 0.6 is 11.8 Å². The second-order valence-corrected chi connectivity index (χ2v) is 6.04. The molecular weight excluding hydrogens is 340 g/mol. The zero-order chi connectivity index (χ0) is 18.2. The number of aryl methyl sites for hydroxylation is 2. The minimum Gasteiger partial charge on any atom is -0.493 e. The Morgan fingerprint density at radius 1 is 1.24 bits per heavy atom. The lowest BCUT2D eigenvalue weighted by Gasteiger charge is -2.09. The molecule has 0 unspecified atom stereocenters. The maximum absolute atomic E-state index is 11.9. The largest absolute Gasteiger partial charge is 0.493 e. The fraction of sp³-hybridized carbons (Fsp3) is 0.294. The van der Waals surface area contributed by atoms with Crippen molar-refractivity contribution in [2.24, 2.45) is 5.10 Å². The van der Waals surface area contributed by atoms with Crippen molar-refractivity contribution in [1.82, 2.24) is 15.4 Å². The molecule has 0 aliphatic carbocycles. The molecule has 0 bridgehead atoms. The summed E-state index contributed by atoms with van der Waals surface area (Å²) in [6.07, 6.45) is 1.51. The van der Waals surface area contributed by atoms with Gasteiger partial charge in [-0.1, -0.05) is 17.8 Å². The first-order valence-electron chi connectivity index (χ1n) is 7.51. The third kappa shape index (κ3) is 5.46. The molecule has 1 amide bonds. The van der Waals surface area contributed by atoms with Crippen molar-refractivity contribution in [2.75, 3.05) is 20.0 Å². The van der Waals surface area contributed by atoms with Crippen LogP contribution in [0.2, 0.25) is 0 Å². The molecule has 0 radical (unpaired) electrons. The van der Waals surface area contributed by atoms with E-state index < -0.39 is 0 Å². The first-order valence-corrected chi connectivity index (χ1v) is 8.50. The monoisotopic (exact) mass is 360 g/mol. The van der Waals surface area contributed by atoms with Crippen LogP contribution in [0.5, 0.6) is 11.5 Å². The molecule has 0 atom stereocenters. The minimum absolute atomic E-state index is 0.176. The summed E-state index contributed by atoms with van der Waals surface area (Å²) in [6, 6.07) is 7.30. The maximum Gasteiger partial charge on any atom is 0.250 e. The average Bonchev–Trinajstić information content (AvgIpc) is 2.58. The van der Waals surface area contributed by atoms with E-state index in [9.17, 15) is 4.79 Å². The molecule has 7 nitrogen and oxygen atoms in total. The van der Waals surface area contributed by atoms with Gasteiger partial charge in [0.1, 0.15) is 0 Å².